The van der Waals surface area contributed by atoms with Crippen molar-refractivity contribution in [1.29, 1.82) is 0 Å². The van der Waals surface area contributed by atoms with Crippen LogP contribution >= 0.6 is 0 Å². The van der Waals surface area contributed by atoms with Gasteiger partial charge in [0.15, 0.2) is 0 Å². The molecule has 2 N–H and O–H groups in total. The highest BCUT2D eigenvalue weighted by Gasteiger charge is 2.19. The van der Waals surface area contributed by atoms with Crippen molar-refractivity contribution >= 4 is 33.2 Å². The van der Waals surface area contributed by atoms with E-state index in [-0.39, 0.29) is 12.2 Å². The molecule has 7 heteroatoms. The minimum absolute atomic E-state index is 0.000326. The molecule has 0 aliphatic heterocycles. The quantitative estimate of drug-likeness (QED) is 0.407. The molecular weight excluding hydrogens is 320 g/mol. The van der Waals surface area contributed by atoms with Crippen LogP contribution in [0.4, 0.5) is 11.4 Å². The number of hydrogen-bond acceptors (Lipinski definition) is 6. The van der Waals surface area contributed by atoms with Crippen LogP contribution in [0.25, 0.3) is 21.8 Å². The molecule has 0 fully saturated rings. The zero-order valence-corrected chi connectivity index (χ0v) is 14.1. The van der Waals surface area contributed by atoms with Crippen molar-refractivity contribution in [3.8, 4) is 0 Å². The van der Waals surface area contributed by atoms with Crippen LogP contribution in [0.1, 0.15) is 0 Å². The number of para-hydroxylation sites is 1. The number of nitrogens with zero attached hydrogens (tertiary/aromatic N) is 3. The van der Waals surface area contributed by atoms with Crippen molar-refractivity contribution in [3.63, 3.8) is 0 Å². The zero-order valence-electron chi connectivity index (χ0n) is 14.1. The maximum absolute atomic E-state index is 11.5. The first-order valence-corrected chi connectivity index (χ1v) is 8.00. The molecule has 1 heterocycles. The fourth-order valence-electron chi connectivity index (χ4n) is 2.97. The smallest absolute Gasteiger partial charge is 0.280 e. The predicted molar refractivity (Wildman–Crippen MR) is 99.0 cm³/mol. The second-order valence-electron chi connectivity index (χ2n) is 6.23. The number of likely N-dealkylation sites (N-methyl/N-ethyl adjacent to an activating group) is 1. The lowest BCUT2D eigenvalue weighted by Gasteiger charge is -2.19. The van der Waals surface area contributed by atoms with Gasteiger partial charge >= 0.3 is 0 Å². The van der Waals surface area contributed by atoms with Gasteiger partial charge in [0.2, 0.25) is 0 Å². The molecule has 0 saturated heterocycles. The Balaban J connectivity index is 2.15. The van der Waals surface area contributed by atoms with E-state index in [1.807, 2.05) is 43.3 Å². The van der Waals surface area contributed by atoms with Crippen LogP contribution in [0, 0.1) is 10.1 Å². The van der Waals surface area contributed by atoms with E-state index in [9.17, 15) is 15.2 Å². The molecule has 2 aromatic carbocycles. The molecule has 1 unspecified atom stereocenters. The number of anilines is 1. The Morgan fingerprint density at radius 3 is 2.64 bits per heavy atom. The molecule has 1 aromatic heterocycles. The first kappa shape index (κ1) is 17.1. The molecule has 0 aliphatic carbocycles. The average molecular weight is 340 g/mol. The summed E-state index contributed by atoms with van der Waals surface area (Å²) in [6.07, 6.45) is -0.597. The number of benzene rings is 2. The molecule has 0 aliphatic rings. The lowest BCUT2D eigenvalue weighted by Crippen LogP contribution is -2.31. The number of non-ortho nitro benzene ring substituents is 1. The van der Waals surface area contributed by atoms with Crippen LogP contribution < -0.4 is 5.32 Å². The number of aliphatic hydroxyl groups is 1. The standard InChI is InChI=1S/C18H20N4O3/c1-21(2)11-12(23)10-19-18-13-6-3-4-7-14(13)20-15-8-5-9-16(17(15)18)22(24)25/h3-9,12,23H,10-11H2,1-2H3,(H,19,20). The van der Waals surface area contributed by atoms with Gasteiger partial charge in [-0.2, -0.15) is 0 Å². The van der Waals surface area contributed by atoms with Crippen LogP contribution in [-0.2, 0) is 0 Å². The molecular formula is C18H20N4O3. The third-order valence-corrected chi connectivity index (χ3v) is 3.97. The number of pyridine rings is 1. The number of aliphatic hydroxyl groups excluding tert-OH is 1. The topological polar surface area (TPSA) is 91.5 Å². The van der Waals surface area contributed by atoms with Gasteiger partial charge in [-0.05, 0) is 26.2 Å². The summed E-state index contributed by atoms with van der Waals surface area (Å²) < 4.78 is 0. The minimum atomic E-state index is -0.597. The molecule has 7 nitrogen and oxygen atoms in total. The van der Waals surface area contributed by atoms with Gasteiger partial charge in [0.1, 0.15) is 5.39 Å². The van der Waals surface area contributed by atoms with Gasteiger partial charge in [-0.3, -0.25) is 10.1 Å². The van der Waals surface area contributed by atoms with E-state index in [1.165, 1.54) is 6.07 Å². The van der Waals surface area contributed by atoms with E-state index in [2.05, 4.69) is 10.3 Å². The second-order valence-corrected chi connectivity index (χ2v) is 6.23. The van der Waals surface area contributed by atoms with Crippen molar-refractivity contribution < 1.29 is 10.0 Å². The molecule has 25 heavy (non-hydrogen) atoms. The van der Waals surface area contributed by atoms with Gasteiger partial charge < -0.3 is 15.3 Å². The molecule has 0 spiro atoms. The van der Waals surface area contributed by atoms with Crippen molar-refractivity contribution in [1.82, 2.24) is 9.88 Å². The van der Waals surface area contributed by atoms with Crippen LogP contribution in [0.3, 0.4) is 0 Å². The molecule has 3 aromatic rings. The fourth-order valence-corrected chi connectivity index (χ4v) is 2.97. The van der Waals surface area contributed by atoms with Crippen LogP contribution in [0.5, 0.6) is 0 Å². The Kier molecular flexibility index (Phi) is 4.78. The monoisotopic (exact) mass is 340 g/mol. The van der Waals surface area contributed by atoms with Gasteiger partial charge in [-0.1, -0.05) is 24.3 Å². The lowest BCUT2D eigenvalue weighted by molar-refractivity contribution is -0.383. The number of rotatable bonds is 6. The van der Waals surface area contributed by atoms with Crippen molar-refractivity contribution in [2.75, 3.05) is 32.5 Å². The van der Waals surface area contributed by atoms with E-state index >= 15 is 0 Å². The molecule has 0 amide bonds. The molecule has 0 radical (unpaired) electrons. The highest BCUT2D eigenvalue weighted by Crippen LogP contribution is 2.36. The highest BCUT2D eigenvalue weighted by molar-refractivity contribution is 6.11. The number of nitrogens with one attached hydrogen (secondary N) is 1. The predicted octanol–water partition coefficient (Wildman–Crippen LogP) is 2.63. The van der Waals surface area contributed by atoms with E-state index in [0.29, 0.717) is 23.1 Å². The number of nitro benzene ring substituents is 1. The molecule has 1 atom stereocenters. The van der Waals surface area contributed by atoms with Crippen LogP contribution in [0.2, 0.25) is 0 Å². The van der Waals surface area contributed by atoms with E-state index in [1.54, 1.807) is 12.1 Å². The Labute approximate surface area is 145 Å². The molecule has 3 rings (SSSR count). The van der Waals surface area contributed by atoms with Gasteiger partial charge in [0, 0.05) is 24.5 Å². The van der Waals surface area contributed by atoms with Crippen LogP contribution in [0.15, 0.2) is 42.5 Å². The normalized spacial score (nSPS) is 12.6. The average Bonchev–Trinajstić information content (AvgIpc) is 2.57. The first-order chi connectivity index (χ1) is 12.0. The lowest BCUT2D eigenvalue weighted by atomic mass is 10.1. The van der Waals surface area contributed by atoms with E-state index in [4.69, 9.17) is 0 Å². The van der Waals surface area contributed by atoms with E-state index in [0.717, 1.165) is 10.9 Å². The summed E-state index contributed by atoms with van der Waals surface area (Å²) in [6, 6.07) is 12.4. The summed E-state index contributed by atoms with van der Waals surface area (Å²) in [5, 5.41) is 26.1. The van der Waals surface area contributed by atoms with Crippen molar-refractivity contribution in [2.24, 2.45) is 0 Å². The first-order valence-electron chi connectivity index (χ1n) is 8.00. The summed E-state index contributed by atoms with van der Waals surface area (Å²) in [5.74, 6) is 0. The third-order valence-electron chi connectivity index (χ3n) is 3.97. The second kappa shape index (κ2) is 7.00. The van der Waals surface area contributed by atoms with Gasteiger partial charge in [0.25, 0.3) is 5.69 Å². The summed E-state index contributed by atoms with van der Waals surface area (Å²) in [4.78, 5) is 17.5. The summed E-state index contributed by atoms with van der Waals surface area (Å²) in [7, 11) is 3.76. The Bertz CT molecular complexity index is 927. The number of aromatic nitrogens is 1. The molecule has 130 valence electrons. The maximum atomic E-state index is 11.5. The van der Waals surface area contributed by atoms with E-state index < -0.39 is 11.0 Å². The Hall–Kier alpha value is -2.77. The number of hydrogen-bond donors (Lipinski definition) is 2. The minimum Gasteiger partial charge on any atom is -0.390 e. The van der Waals surface area contributed by atoms with Gasteiger partial charge in [-0.25, -0.2) is 4.98 Å². The molecule has 0 saturated carbocycles. The fraction of sp³-hybridized carbons (Fsp3) is 0.278. The number of fused-ring (bicyclic) bond motifs is 2. The van der Waals surface area contributed by atoms with Gasteiger partial charge in [0.05, 0.1) is 27.7 Å². The largest absolute Gasteiger partial charge is 0.390 e. The van der Waals surface area contributed by atoms with Gasteiger partial charge in [-0.15, -0.1) is 0 Å². The summed E-state index contributed by atoms with van der Waals surface area (Å²) in [6.45, 7) is 0.781. The highest BCUT2D eigenvalue weighted by atomic mass is 16.6. The Morgan fingerprint density at radius 1 is 1.20 bits per heavy atom. The SMILES string of the molecule is CN(C)CC(O)CNc1c2ccccc2nc2cccc([N+](=O)[O-])c12. The third kappa shape index (κ3) is 3.52. The Morgan fingerprint density at radius 2 is 1.92 bits per heavy atom. The van der Waals surface area contributed by atoms with Crippen LogP contribution in [-0.4, -0.2) is 53.2 Å². The summed E-state index contributed by atoms with van der Waals surface area (Å²) in [5.41, 5.74) is 1.93. The summed E-state index contributed by atoms with van der Waals surface area (Å²) >= 11 is 0. The number of nitro groups is 1. The van der Waals surface area contributed by atoms with Crippen molar-refractivity contribution in [2.45, 2.75) is 6.10 Å². The maximum Gasteiger partial charge on any atom is 0.280 e. The van der Waals surface area contributed by atoms with Crippen molar-refractivity contribution in [3.05, 3.63) is 52.6 Å². The molecule has 0 bridgehead atoms. The zero-order chi connectivity index (χ0) is 18.0.